The van der Waals surface area contributed by atoms with Gasteiger partial charge in [-0.1, -0.05) is 12.1 Å². The van der Waals surface area contributed by atoms with E-state index in [1.165, 1.54) is 0 Å². The molecule has 2 aromatic carbocycles. The van der Waals surface area contributed by atoms with Crippen LogP contribution < -0.4 is 20.3 Å². The zero-order valence-electron chi connectivity index (χ0n) is 17.4. The van der Waals surface area contributed by atoms with Crippen molar-refractivity contribution in [3.8, 4) is 5.75 Å². The predicted molar refractivity (Wildman–Crippen MR) is 117 cm³/mol. The highest BCUT2D eigenvalue weighted by molar-refractivity contribution is 5.95. The number of nitrogens with one attached hydrogen (secondary N) is 2. The van der Waals surface area contributed by atoms with Crippen molar-refractivity contribution in [1.29, 1.82) is 0 Å². The molecule has 8 nitrogen and oxygen atoms in total. The van der Waals surface area contributed by atoms with Crippen LogP contribution in [0.3, 0.4) is 0 Å². The van der Waals surface area contributed by atoms with Crippen LogP contribution in [0.2, 0.25) is 0 Å². The van der Waals surface area contributed by atoms with E-state index in [0.29, 0.717) is 11.4 Å². The van der Waals surface area contributed by atoms with Gasteiger partial charge < -0.3 is 25.0 Å². The zero-order valence-corrected chi connectivity index (χ0v) is 17.4. The number of benzene rings is 2. The Morgan fingerprint density at radius 3 is 2.30 bits per heavy atom. The number of amides is 2. The molecule has 0 bridgehead atoms. The first-order valence-electron chi connectivity index (χ1n) is 9.89. The molecule has 1 heterocycles. The summed E-state index contributed by atoms with van der Waals surface area (Å²) in [5.41, 5.74) is 2.44. The Balaban J connectivity index is 1.45. The highest BCUT2D eigenvalue weighted by Crippen LogP contribution is 2.23. The molecule has 8 heteroatoms. The topological polar surface area (TPSA) is 83.1 Å². The average Bonchev–Trinajstić information content (AvgIpc) is 2.75. The van der Waals surface area contributed by atoms with Gasteiger partial charge in [0, 0.05) is 24.5 Å². The van der Waals surface area contributed by atoms with Crippen LogP contribution in [0.5, 0.6) is 5.75 Å². The molecule has 2 N–H and O–H groups in total. The first-order chi connectivity index (χ1) is 14.5. The monoisotopic (exact) mass is 412 g/mol. The van der Waals surface area contributed by atoms with Crippen LogP contribution in [-0.4, -0.2) is 70.3 Å². The SMILES string of the molecule is COc1ccccc1NC(=O)CN(C)CC(=O)Nc1ccc(N2CCOCC2)cc1. The van der Waals surface area contributed by atoms with Gasteiger partial charge in [-0.3, -0.25) is 14.5 Å². The van der Waals surface area contributed by atoms with Gasteiger partial charge in [-0.05, 0) is 43.4 Å². The standard InChI is InChI=1S/C22H28N4O4/c1-25(16-22(28)24-19-5-3-4-6-20(19)29-2)15-21(27)23-17-7-9-18(10-8-17)26-11-13-30-14-12-26/h3-10H,11-16H2,1-2H3,(H,23,27)(H,24,28). The summed E-state index contributed by atoms with van der Waals surface area (Å²) in [4.78, 5) is 28.5. The van der Waals surface area contributed by atoms with Gasteiger partial charge in [-0.2, -0.15) is 0 Å². The summed E-state index contributed by atoms with van der Waals surface area (Å²) in [6, 6.07) is 14.9. The maximum atomic E-state index is 12.3. The molecule has 0 unspecified atom stereocenters. The van der Waals surface area contributed by atoms with E-state index in [1.54, 1.807) is 31.2 Å². The molecular formula is C22H28N4O4. The van der Waals surface area contributed by atoms with Crippen LogP contribution in [0.1, 0.15) is 0 Å². The normalized spacial score (nSPS) is 13.8. The van der Waals surface area contributed by atoms with Crippen molar-refractivity contribution in [3.05, 3.63) is 48.5 Å². The van der Waals surface area contributed by atoms with Crippen LogP contribution in [0.15, 0.2) is 48.5 Å². The minimum Gasteiger partial charge on any atom is -0.495 e. The van der Waals surface area contributed by atoms with Crippen LogP contribution in [0, 0.1) is 0 Å². The first-order valence-corrected chi connectivity index (χ1v) is 9.89. The third-order valence-electron chi connectivity index (χ3n) is 4.74. The molecule has 1 saturated heterocycles. The Bertz CT molecular complexity index is 850. The Kier molecular flexibility index (Phi) is 7.64. The number of likely N-dealkylation sites (N-methyl/N-ethyl adjacent to an activating group) is 1. The van der Waals surface area contributed by atoms with Gasteiger partial charge in [0.25, 0.3) is 0 Å². The maximum absolute atomic E-state index is 12.3. The second kappa shape index (κ2) is 10.6. The van der Waals surface area contributed by atoms with Crippen molar-refractivity contribution in [1.82, 2.24) is 4.90 Å². The summed E-state index contributed by atoms with van der Waals surface area (Å²) >= 11 is 0. The van der Waals surface area contributed by atoms with E-state index in [-0.39, 0.29) is 24.9 Å². The van der Waals surface area contributed by atoms with Gasteiger partial charge in [0.15, 0.2) is 0 Å². The molecule has 0 atom stereocenters. The minimum atomic E-state index is -0.218. The van der Waals surface area contributed by atoms with Gasteiger partial charge in [0.1, 0.15) is 5.75 Å². The Morgan fingerprint density at radius 2 is 1.63 bits per heavy atom. The fourth-order valence-electron chi connectivity index (χ4n) is 3.26. The molecule has 1 aliphatic heterocycles. The van der Waals surface area contributed by atoms with Crippen LogP contribution >= 0.6 is 0 Å². The minimum absolute atomic E-state index is 0.0848. The van der Waals surface area contributed by atoms with Crippen molar-refractivity contribution in [2.75, 3.05) is 69.1 Å². The molecule has 160 valence electrons. The lowest BCUT2D eigenvalue weighted by Crippen LogP contribution is -2.36. The highest BCUT2D eigenvalue weighted by Gasteiger charge is 2.14. The molecular weight excluding hydrogens is 384 g/mol. The molecule has 3 rings (SSSR count). The summed E-state index contributed by atoms with van der Waals surface area (Å²) in [5, 5.41) is 5.67. The Morgan fingerprint density at radius 1 is 1.00 bits per heavy atom. The van der Waals surface area contributed by atoms with E-state index in [0.717, 1.165) is 37.7 Å². The number of rotatable bonds is 8. The number of nitrogens with zero attached hydrogens (tertiary/aromatic N) is 2. The van der Waals surface area contributed by atoms with Crippen LogP contribution in [-0.2, 0) is 14.3 Å². The number of hydrogen-bond acceptors (Lipinski definition) is 6. The summed E-state index contributed by atoms with van der Waals surface area (Å²) < 4.78 is 10.6. The third kappa shape index (κ3) is 6.20. The van der Waals surface area contributed by atoms with Gasteiger partial charge in [0.05, 0.1) is 39.1 Å². The second-order valence-corrected chi connectivity index (χ2v) is 7.12. The van der Waals surface area contributed by atoms with Gasteiger partial charge in [0.2, 0.25) is 11.8 Å². The Hall–Kier alpha value is -3.10. The van der Waals surface area contributed by atoms with E-state index in [9.17, 15) is 9.59 Å². The van der Waals surface area contributed by atoms with E-state index < -0.39 is 0 Å². The molecule has 2 amide bonds. The van der Waals surface area contributed by atoms with Gasteiger partial charge in [-0.15, -0.1) is 0 Å². The van der Waals surface area contributed by atoms with Gasteiger partial charge >= 0.3 is 0 Å². The van der Waals surface area contributed by atoms with Crippen molar-refractivity contribution < 1.29 is 19.1 Å². The molecule has 0 spiro atoms. The van der Waals surface area contributed by atoms with E-state index in [2.05, 4.69) is 15.5 Å². The number of carbonyl (C=O) groups excluding carboxylic acids is 2. The average molecular weight is 412 g/mol. The smallest absolute Gasteiger partial charge is 0.238 e. The van der Waals surface area contributed by atoms with Crippen LogP contribution in [0.25, 0.3) is 0 Å². The number of carbonyl (C=O) groups is 2. The summed E-state index contributed by atoms with van der Waals surface area (Å²) in [5.74, 6) is 0.193. The maximum Gasteiger partial charge on any atom is 0.238 e. The largest absolute Gasteiger partial charge is 0.495 e. The van der Waals surface area contributed by atoms with E-state index >= 15 is 0 Å². The summed E-state index contributed by atoms with van der Waals surface area (Å²) in [6.07, 6.45) is 0. The first kappa shape index (κ1) is 21.6. The van der Waals surface area contributed by atoms with Crippen LogP contribution in [0.4, 0.5) is 17.1 Å². The molecule has 0 aromatic heterocycles. The lowest BCUT2D eigenvalue weighted by atomic mass is 10.2. The predicted octanol–water partition coefficient (Wildman–Crippen LogP) is 2.04. The molecule has 1 fully saturated rings. The zero-order chi connectivity index (χ0) is 21.3. The number of anilines is 3. The number of ether oxygens (including phenoxy) is 2. The highest BCUT2D eigenvalue weighted by atomic mass is 16.5. The van der Waals surface area contributed by atoms with Crippen molar-refractivity contribution in [2.24, 2.45) is 0 Å². The second-order valence-electron chi connectivity index (χ2n) is 7.12. The third-order valence-corrected chi connectivity index (χ3v) is 4.74. The van der Waals surface area contributed by atoms with Crippen molar-refractivity contribution >= 4 is 28.9 Å². The number of methoxy groups -OCH3 is 1. The number of para-hydroxylation sites is 2. The molecule has 1 aliphatic rings. The summed E-state index contributed by atoms with van der Waals surface area (Å²) in [7, 11) is 3.28. The number of morpholine rings is 1. The quantitative estimate of drug-likeness (QED) is 0.691. The molecule has 0 saturated carbocycles. The molecule has 30 heavy (non-hydrogen) atoms. The summed E-state index contributed by atoms with van der Waals surface area (Å²) in [6.45, 7) is 3.39. The van der Waals surface area contributed by atoms with Gasteiger partial charge in [-0.25, -0.2) is 0 Å². The van der Waals surface area contributed by atoms with Crippen molar-refractivity contribution in [3.63, 3.8) is 0 Å². The molecule has 0 radical (unpaired) electrons. The Labute approximate surface area is 176 Å². The lowest BCUT2D eigenvalue weighted by Gasteiger charge is -2.28. The van der Waals surface area contributed by atoms with E-state index in [4.69, 9.17) is 9.47 Å². The molecule has 2 aromatic rings. The molecule has 0 aliphatic carbocycles. The fourth-order valence-corrected chi connectivity index (χ4v) is 3.26. The lowest BCUT2D eigenvalue weighted by molar-refractivity contribution is -0.119. The van der Waals surface area contributed by atoms with Crippen molar-refractivity contribution in [2.45, 2.75) is 0 Å². The number of hydrogen-bond donors (Lipinski definition) is 2. The fraction of sp³-hybridized carbons (Fsp3) is 0.364. The van der Waals surface area contributed by atoms with E-state index in [1.807, 2.05) is 36.4 Å².